The van der Waals surface area contributed by atoms with E-state index in [2.05, 4.69) is 0 Å². The van der Waals surface area contributed by atoms with Crippen molar-refractivity contribution in [3.05, 3.63) is 133 Å². The van der Waals surface area contributed by atoms with Gasteiger partial charge in [0.25, 0.3) is 5.56 Å². The van der Waals surface area contributed by atoms with Crippen molar-refractivity contribution >= 4 is 37.4 Å². The summed E-state index contributed by atoms with van der Waals surface area (Å²) in [6.45, 7) is -0.0364. The maximum Gasteiger partial charge on any atom is 0.348 e. The molecule has 0 aliphatic carbocycles. The number of aromatic nitrogens is 2. The first-order valence-electron chi connectivity index (χ1n) is 12.0. The van der Waals surface area contributed by atoms with E-state index >= 15 is 0 Å². The van der Waals surface area contributed by atoms with Crippen LogP contribution >= 0.6 is 11.3 Å². The minimum atomic E-state index is -3.64. The van der Waals surface area contributed by atoms with Crippen molar-refractivity contribution in [3.63, 3.8) is 0 Å². The summed E-state index contributed by atoms with van der Waals surface area (Å²) in [5.74, 6) is -0.865. The molecule has 0 aliphatic rings. The Morgan fingerprint density at radius 2 is 1.49 bits per heavy atom. The lowest BCUT2D eigenvalue weighted by atomic mass is 10.1. The van der Waals surface area contributed by atoms with Crippen molar-refractivity contribution in [2.45, 2.75) is 23.8 Å². The fourth-order valence-electron chi connectivity index (χ4n) is 4.26. The zero-order valence-corrected chi connectivity index (χ0v) is 22.6. The molecule has 10 heteroatoms. The number of ether oxygens (including phenoxy) is 1. The minimum Gasteiger partial charge on any atom is -0.457 e. The van der Waals surface area contributed by atoms with E-state index < -0.39 is 27.1 Å². The molecule has 0 bridgehead atoms. The van der Waals surface area contributed by atoms with Gasteiger partial charge in [-0.05, 0) is 34.9 Å². The van der Waals surface area contributed by atoms with Gasteiger partial charge in [-0.1, -0.05) is 72.8 Å². The number of sulfone groups is 1. The molecular weight excluding hydrogens is 536 g/mol. The van der Waals surface area contributed by atoms with Crippen LogP contribution in [0, 0.1) is 0 Å². The average Bonchev–Trinajstić information content (AvgIpc) is 3.41. The Hall–Kier alpha value is -4.28. The van der Waals surface area contributed by atoms with Crippen molar-refractivity contribution in [2.24, 2.45) is 7.05 Å². The van der Waals surface area contributed by atoms with Gasteiger partial charge in [0.15, 0.2) is 9.84 Å². The van der Waals surface area contributed by atoms with Gasteiger partial charge in [-0.25, -0.2) is 18.0 Å². The highest BCUT2D eigenvalue weighted by molar-refractivity contribution is 7.90. The first kappa shape index (κ1) is 26.3. The number of esters is 1. The van der Waals surface area contributed by atoms with E-state index in [0.717, 1.165) is 21.5 Å². The number of aryl methyl sites for hydroxylation is 1. The van der Waals surface area contributed by atoms with Crippen molar-refractivity contribution in [3.8, 4) is 0 Å². The number of rotatable bonds is 8. The summed E-state index contributed by atoms with van der Waals surface area (Å²) in [5.41, 5.74) is 0.722. The van der Waals surface area contributed by atoms with Crippen LogP contribution in [0.25, 0.3) is 10.2 Å². The molecule has 5 rings (SSSR count). The lowest BCUT2D eigenvalue weighted by molar-refractivity contribution is 0.0478. The summed E-state index contributed by atoms with van der Waals surface area (Å²) in [7, 11) is -2.11. The predicted molar refractivity (Wildman–Crippen MR) is 150 cm³/mol. The van der Waals surface area contributed by atoms with Crippen molar-refractivity contribution in [1.82, 2.24) is 9.13 Å². The molecular formula is C29H24N2O6S2. The second-order valence-electron chi connectivity index (χ2n) is 8.96. The standard InChI is InChI=1S/C29H24N2O6S2/c1-30-27-24(16-25(38-27)28(33)37-18-20-10-4-2-5-11-20)26(32)31(29(30)34)17-21-12-8-9-13-22(21)19-39(35,36)23-14-6-3-7-15-23/h2-16H,17-19H2,1H3. The quantitative estimate of drug-likeness (QED) is 0.264. The van der Waals surface area contributed by atoms with Crippen LogP contribution < -0.4 is 11.2 Å². The molecule has 2 heterocycles. The molecule has 2 aromatic heterocycles. The molecule has 198 valence electrons. The second kappa shape index (κ2) is 10.8. The Kier molecular flexibility index (Phi) is 7.32. The van der Waals surface area contributed by atoms with Crippen molar-refractivity contribution in [1.29, 1.82) is 0 Å². The Labute approximate surface area is 228 Å². The number of thiophene rings is 1. The molecule has 39 heavy (non-hydrogen) atoms. The maximum atomic E-state index is 13.4. The Morgan fingerprint density at radius 1 is 0.872 bits per heavy atom. The van der Waals surface area contributed by atoms with Gasteiger partial charge < -0.3 is 4.74 Å². The molecule has 0 saturated carbocycles. The number of hydrogen-bond donors (Lipinski definition) is 0. The molecule has 5 aromatic rings. The topological polar surface area (TPSA) is 104 Å². The lowest BCUT2D eigenvalue weighted by Crippen LogP contribution is -2.39. The van der Waals surface area contributed by atoms with Gasteiger partial charge >= 0.3 is 11.7 Å². The molecule has 0 saturated heterocycles. The Bertz CT molecular complexity index is 1890. The number of benzene rings is 3. The molecule has 8 nitrogen and oxygen atoms in total. The zero-order valence-electron chi connectivity index (χ0n) is 20.9. The minimum absolute atomic E-state index is 0.0831. The molecule has 0 unspecified atom stereocenters. The number of fused-ring (bicyclic) bond motifs is 1. The van der Waals surface area contributed by atoms with Crippen LogP contribution in [0.4, 0.5) is 0 Å². The predicted octanol–water partition coefficient (Wildman–Crippen LogP) is 4.14. The third-order valence-corrected chi connectivity index (χ3v) is 9.19. The SMILES string of the molecule is Cn1c(=O)n(Cc2ccccc2CS(=O)(=O)c2ccccc2)c(=O)c2cc(C(=O)OCc3ccccc3)sc21. The van der Waals surface area contributed by atoms with Gasteiger partial charge in [0.05, 0.1) is 22.6 Å². The molecule has 3 aromatic carbocycles. The highest BCUT2D eigenvalue weighted by Gasteiger charge is 2.21. The van der Waals surface area contributed by atoms with Gasteiger partial charge in [0.1, 0.15) is 16.3 Å². The van der Waals surface area contributed by atoms with E-state index in [1.165, 1.54) is 29.8 Å². The Balaban J connectivity index is 1.46. The van der Waals surface area contributed by atoms with Gasteiger partial charge in [-0.3, -0.25) is 13.9 Å². The number of hydrogen-bond acceptors (Lipinski definition) is 7. The molecule has 0 fully saturated rings. The van der Waals surface area contributed by atoms with E-state index in [1.54, 1.807) is 42.5 Å². The van der Waals surface area contributed by atoms with Gasteiger partial charge in [-0.2, -0.15) is 0 Å². The van der Waals surface area contributed by atoms with Crippen molar-refractivity contribution in [2.75, 3.05) is 0 Å². The third kappa shape index (κ3) is 5.47. The molecule has 0 radical (unpaired) electrons. The molecule has 0 N–H and O–H groups in total. The summed E-state index contributed by atoms with van der Waals surface area (Å²) in [6.07, 6.45) is 0. The number of nitrogens with zero attached hydrogens (tertiary/aromatic N) is 2. The largest absolute Gasteiger partial charge is 0.457 e. The summed E-state index contributed by atoms with van der Waals surface area (Å²) in [4.78, 5) is 40.1. The van der Waals surface area contributed by atoms with Gasteiger partial charge in [0.2, 0.25) is 0 Å². The van der Waals surface area contributed by atoms with E-state index in [4.69, 9.17) is 4.74 Å². The maximum absolute atomic E-state index is 13.4. The van der Waals surface area contributed by atoms with Gasteiger partial charge in [-0.15, -0.1) is 11.3 Å². The van der Waals surface area contributed by atoms with E-state index in [0.29, 0.717) is 16.0 Å². The third-order valence-electron chi connectivity index (χ3n) is 6.32. The fourth-order valence-corrected chi connectivity index (χ4v) is 6.69. The second-order valence-corrected chi connectivity index (χ2v) is 12.0. The van der Waals surface area contributed by atoms with Crippen LogP contribution in [-0.4, -0.2) is 23.5 Å². The van der Waals surface area contributed by atoms with Crippen molar-refractivity contribution < 1.29 is 17.9 Å². The molecule has 0 amide bonds. The average molecular weight is 561 g/mol. The van der Waals surface area contributed by atoms with Crippen LogP contribution in [0.1, 0.15) is 26.4 Å². The normalized spacial score (nSPS) is 11.5. The van der Waals surface area contributed by atoms with Gasteiger partial charge in [0, 0.05) is 7.05 Å². The highest BCUT2D eigenvalue weighted by Crippen LogP contribution is 2.24. The van der Waals surface area contributed by atoms with Crippen LogP contribution in [0.5, 0.6) is 0 Å². The molecule has 0 atom stereocenters. The lowest BCUT2D eigenvalue weighted by Gasteiger charge is -2.13. The highest BCUT2D eigenvalue weighted by atomic mass is 32.2. The summed E-state index contributed by atoms with van der Waals surface area (Å²) in [6, 6.07) is 25.6. The monoisotopic (exact) mass is 560 g/mol. The van der Waals surface area contributed by atoms with E-state index in [1.807, 2.05) is 30.3 Å². The van der Waals surface area contributed by atoms with Crippen LogP contribution in [-0.2, 0) is 40.5 Å². The first-order chi connectivity index (χ1) is 18.7. The smallest absolute Gasteiger partial charge is 0.348 e. The molecule has 0 spiro atoms. The van der Waals surface area contributed by atoms with Crippen LogP contribution in [0.3, 0.4) is 0 Å². The van der Waals surface area contributed by atoms with Crippen LogP contribution in [0.15, 0.2) is 105 Å². The summed E-state index contributed by atoms with van der Waals surface area (Å²) < 4.78 is 33.8. The molecule has 0 aliphatic heterocycles. The number of carbonyl (C=O) groups excluding carboxylic acids is 1. The fraction of sp³-hybridized carbons (Fsp3) is 0.138. The Morgan fingerprint density at radius 3 is 2.18 bits per heavy atom. The zero-order chi connectivity index (χ0) is 27.6. The first-order valence-corrected chi connectivity index (χ1v) is 14.5. The number of carbonyl (C=O) groups is 1. The van der Waals surface area contributed by atoms with E-state index in [9.17, 15) is 22.8 Å². The van der Waals surface area contributed by atoms with E-state index in [-0.39, 0.29) is 34.1 Å². The summed E-state index contributed by atoms with van der Waals surface area (Å²) in [5, 5.41) is 0.211. The summed E-state index contributed by atoms with van der Waals surface area (Å²) >= 11 is 1.01. The van der Waals surface area contributed by atoms with Crippen LogP contribution in [0.2, 0.25) is 0 Å².